The third kappa shape index (κ3) is 5.48. The monoisotopic (exact) mass is 557 g/mol. The van der Waals surface area contributed by atoms with Gasteiger partial charge in [-0.3, -0.25) is 4.79 Å². The van der Waals surface area contributed by atoms with Crippen LogP contribution in [0.2, 0.25) is 0 Å². The number of sulfonamides is 2. The van der Waals surface area contributed by atoms with E-state index in [4.69, 9.17) is 4.74 Å². The van der Waals surface area contributed by atoms with E-state index in [1.54, 1.807) is 49.4 Å². The number of aryl methyl sites for hydroxylation is 1. The molecule has 1 aliphatic rings. The van der Waals surface area contributed by atoms with Crippen molar-refractivity contribution in [2.24, 2.45) is 0 Å². The summed E-state index contributed by atoms with van der Waals surface area (Å²) in [4.78, 5) is 25.6. The van der Waals surface area contributed by atoms with E-state index in [-0.39, 0.29) is 34.1 Å². The second-order valence-corrected chi connectivity index (χ2v) is 12.5. The van der Waals surface area contributed by atoms with E-state index in [1.165, 1.54) is 43.5 Å². The zero-order valence-electron chi connectivity index (χ0n) is 20.8. The van der Waals surface area contributed by atoms with E-state index in [0.717, 1.165) is 8.61 Å². The highest BCUT2D eigenvalue weighted by Gasteiger charge is 2.43. The first-order chi connectivity index (χ1) is 18.1. The number of nitrogens with zero attached hydrogens (tertiary/aromatic N) is 2. The average molecular weight is 558 g/mol. The molecule has 1 aliphatic heterocycles. The molecule has 1 saturated heterocycles. The highest BCUT2D eigenvalue weighted by Crippen LogP contribution is 2.27. The maximum Gasteiger partial charge on any atom is 0.337 e. The summed E-state index contributed by atoms with van der Waals surface area (Å²) in [6.07, 6.45) is 0. The number of carbonyl (C=O) groups is 2. The molecule has 1 fully saturated rings. The zero-order valence-corrected chi connectivity index (χ0v) is 22.4. The molecule has 3 aromatic carbocycles. The Hall–Kier alpha value is -3.58. The third-order valence-corrected chi connectivity index (χ3v) is 10.0. The Kier molecular flexibility index (Phi) is 7.97. The standard InChI is InChI=1S/C26H27N3O7S2/c1-19-13-14-20(26(31)36-2)17-23(19)27-25(30)24-18-28(37(32,33)21-9-5-3-6-10-21)15-16-29(24)38(34,35)22-11-7-4-8-12-22/h3-14,17,24H,15-16,18H2,1-2H3,(H,27,30)/t24-/m1/s1. The van der Waals surface area contributed by atoms with Gasteiger partial charge in [-0.05, 0) is 48.9 Å². The number of piperazine rings is 1. The number of rotatable bonds is 7. The Morgan fingerprint density at radius 2 is 1.42 bits per heavy atom. The molecular formula is C26H27N3O7S2. The SMILES string of the molecule is COC(=O)c1ccc(C)c(NC(=O)[C@H]2CN(S(=O)(=O)c3ccccc3)CCN2S(=O)(=O)c2ccccc2)c1. The van der Waals surface area contributed by atoms with Crippen molar-refractivity contribution in [1.82, 2.24) is 8.61 Å². The van der Waals surface area contributed by atoms with Crippen LogP contribution in [-0.2, 0) is 29.6 Å². The second-order valence-electron chi connectivity index (χ2n) is 8.63. The van der Waals surface area contributed by atoms with Gasteiger partial charge < -0.3 is 10.1 Å². The Morgan fingerprint density at radius 3 is 2.00 bits per heavy atom. The van der Waals surface area contributed by atoms with E-state index >= 15 is 0 Å². The Balaban J connectivity index is 1.71. The van der Waals surface area contributed by atoms with Gasteiger partial charge in [0.1, 0.15) is 6.04 Å². The van der Waals surface area contributed by atoms with Crippen LogP contribution in [0.1, 0.15) is 15.9 Å². The average Bonchev–Trinajstić information content (AvgIpc) is 2.94. The van der Waals surface area contributed by atoms with Crippen LogP contribution in [0.25, 0.3) is 0 Å². The van der Waals surface area contributed by atoms with E-state index in [2.05, 4.69) is 5.32 Å². The van der Waals surface area contributed by atoms with Crippen molar-refractivity contribution in [2.45, 2.75) is 22.8 Å². The van der Waals surface area contributed by atoms with Crippen molar-refractivity contribution in [3.63, 3.8) is 0 Å². The molecule has 10 nitrogen and oxygen atoms in total. The number of nitrogens with one attached hydrogen (secondary N) is 1. The van der Waals surface area contributed by atoms with Gasteiger partial charge in [0.05, 0.1) is 22.5 Å². The Bertz CT molecular complexity index is 1540. The Labute approximate surface area is 221 Å². The number of methoxy groups -OCH3 is 1. The first-order valence-corrected chi connectivity index (χ1v) is 14.6. The van der Waals surface area contributed by atoms with Gasteiger partial charge in [0.15, 0.2) is 0 Å². The van der Waals surface area contributed by atoms with Crippen molar-refractivity contribution in [3.05, 3.63) is 90.0 Å². The summed E-state index contributed by atoms with van der Waals surface area (Å²) in [6, 6.07) is 18.6. The molecule has 0 spiro atoms. The lowest BCUT2D eigenvalue weighted by Crippen LogP contribution is -2.60. The molecule has 1 atom stereocenters. The molecule has 0 bridgehead atoms. The van der Waals surface area contributed by atoms with Crippen LogP contribution >= 0.6 is 0 Å². The predicted molar refractivity (Wildman–Crippen MR) is 140 cm³/mol. The van der Waals surface area contributed by atoms with Gasteiger partial charge in [-0.25, -0.2) is 21.6 Å². The molecule has 1 amide bonds. The van der Waals surface area contributed by atoms with Crippen molar-refractivity contribution in [2.75, 3.05) is 32.1 Å². The number of carbonyl (C=O) groups excluding carboxylic acids is 2. The van der Waals surface area contributed by atoms with Gasteiger partial charge in [-0.15, -0.1) is 0 Å². The molecule has 0 unspecified atom stereocenters. The summed E-state index contributed by atoms with van der Waals surface area (Å²) in [5.74, 6) is -1.34. The maximum absolute atomic E-state index is 13.6. The van der Waals surface area contributed by atoms with E-state index in [0.29, 0.717) is 5.56 Å². The van der Waals surface area contributed by atoms with Crippen LogP contribution in [0.15, 0.2) is 88.7 Å². The molecule has 0 aromatic heterocycles. The molecule has 4 rings (SSSR count). The van der Waals surface area contributed by atoms with Gasteiger partial charge in [0.25, 0.3) is 0 Å². The number of anilines is 1. The van der Waals surface area contributed by atoms with Crippen LogP contribution in [0, 0.1) is 6.92 Å². The van der Waals surface area contributed by atoms with Crippen LogP contribution in [0.4, 0.5) is 5.69 Å². The zero-order chi connectivity index (χ0) is 27.5. The topological polar surface area (TPSA) is 130 Å². The fraction of sp³-hybridized carbons (Fsp3) is 0.231. The van der Waals surface area contributed by atoms with Gasteiger partial charge in [-0.1, -0.05) is 42.5 Å². The largest absolute Gasteiger partial charge is 0.465 e. The first-order valence-electron chi connectivity index (χ1n) is 11.7. The normalized spacial score (nSPS) is 17.1. The predicted octanol–water partition coefficient (Wildman–Crippen LogP) is 2.48. The minimum atomic E-state index is -4.14. The van der Waals surface area contributed by atoms with Crippen molar-refractivity contribution in [1.29, 1.82) is 0 Å². The van der Waals surface area contributed by atoms with Crippen LogP contribution in [0.3, 0.4) is 0 Å². The molecule has 0 aliphatic carbocycles. The molecule has 1 heterocycles. The van der Waals surface area contributed by atoms with Crippen LogP contribution in [-0.4, -0.2) is 70.1 Å². The van der Waals surface area contributed by atoms with Crippen molar-refractivity contribution >= 4 is 37.6 Å². The van der Waals surface area contributed by atoms with E-state index in [9.17, 15) is 26.4 Å². The highest BCUT2D eigenvalue weighted by atomic mass is 32.2. The number of hydrogen-bond acceptors (Lipinski definition) is 7. The minimum absolute atomic E-state index is 0.0129. The number of benzene rings is 3. The van der Waals surface area contributed by atoms with E-state index in [1.807, 2.05) is 0 Å². The summed E-state index contributed by atoms with van der Waals surface area (Å²) in [5.41, 5.74) is 1.09. The summed E-state index contributed by atoms with van der Waals surface area (Å²) in [5, 5.41) is 2.69. The molecule has 0 radical (unpaired) electrons. The molecule has 3 aromatic rings. The smallest absolute Gasteiger partial charge is 0.337 e. The highest BCUT2D eigenvalue weighted by molar-refractivity contribution is 7.89. The summed E-state index contributed by atoms with van der Waals surface area (Å²) in [6.45, 7) is 0.944. The lowest BCUT2D eigenvalue weighted by Gasteiger charge is -2.39. The van der Waals surface area contributed by atoms with Crippen molar-refractivity contribution < 1.29 is 31.2 Å². The first kappa shape index (κ1) is 27.5. The summed E-state index contributed by atoms with van der Waals surface area (Å²) in [7, 11) is -6.90. The molecule has 200 valence electrons. The fourth-order valence-corrected chi connectivity index (χ4v) is 7.20. The number of esters is 1. The number of ether oxygens (including phenoxy) is 1. The molecule has 0 saturated carbocycles. The van der Waals surface area contributed by atoms with Crippen LogP contribution in [0.5, 0.6) is 0 Å². The number of amides is 1. The van der Waals surface area contributed by atoms with Crippen LogP contribution < -0.4 is 5.32 Å². The molecule has 38 heavy (non-hydrogen) atoms. The third-order valence-electron chi connectivity index (χ3n) is 6.24. The maximum atomic E-state index is 13.6. The quantitative estimate of drug-likeness (QED) is 0.442. The van der Waals surface area contributed by atoms with Crippen molar-refractivity contribution in [3.8, 4) is 0 Å². The Morgan fingerprint density at radius 1 is 0.842 bits per heavy atom. The summed E-state index contributed by atoms with van der Waals surface area (Å²) < 4.78 is 60.6. The van der Waals surface area contributed by atoms with Gasteiger partial charge >= 0.3 is 5.97 Å². The lowest BCUT2D eigenvalue weighted by molar-refractivity contribution is -0.120. The minimum Gasteiger partial charge on any atom is -0.465 e. The lowest BCUT2D eigenvalue weighted by atomic mass is 10.1. The van der Waals surface area contributed by atoms with Gasteiger partial charge in [-0.2, -0.15) is 8.61 Å². The van der Waals surface area contributed by atoms with E-state index < -0.39 is 44.5 Å². The molecule has 1 N–H and O–H groups in total. The molecular weight excluding hydrogens is 530 g/mol. The fourth-order valence-electron chi connectivity index (χ4n) is 4.15. The summed E-state index contributed by atoms with van der Waals surface area (Å²) >= 11 is 0. The van der Waals surface area contributed by atoms with Gasteiger partial charge in [0.2, 0.25) is 26.0 Å². The molecule has 12 heteroatoms. The van der Waals surface area contributed by atoms with Gasteiger partial charge in [0, 0.05) is 25.3 Å². The second kappa shape index (κ2) is 11.0. The number of hydrogen-bond donors (Lipinski definition) is 1.